The molecule has 0 saturated carbocycles. The number of benzene rings is 2. The standard InChI is InChI=1S/C26H26FN5O4S/c27-20-5-3-18(4-6-20)26(34)31-14-11-23(12-15-31)37(35,36)22-9-7-21(8-10-22)29-25(33)19-16-32(17-19)24-2-1-13-28-30-24/h1-10,13,19,23H,11-12,14-17H2,(H,29,33). The molecule has 0 bridgehead atoms. The number of halogens is 1. The average Bonchev–Trinajstić information content (AvgIpc) is 2.89. The number of likely N-dealkylation sites (tertiary alicyclic amines) is 1. The Morgan fingerprint density at radius 3 is 2.24 bits per heavy atom. The number of anilines is 2. The van der Waals surface area contributed by atoms with E-state index in [0.29, 0.717) is 50.3 Å². The Kier molecular flexibility index (Phi) is 6.88. The zero-order valence-electron chi connectivity index (χ0n) is 20.0. The zero-order chi connectivity index (χ0) is 26.0. The molecule has 2 aromatic carbocycles. The van der Waals surface area contributed by atoms with Crippen molar-refractivity contribution < 1.29 is 22.4 Å². The van der Waals surface area contributed by atoms with Gasteiger partial charge in [-0.05, 0) is 73.5 Å². The molecule has 0 aliphatic carbocycles. The van der Waals surface area contributed by atoms with Crippen LogP contribution >= 0.6 is 0 Å². The fraction of sp³-hybridized carbons (Fsp3) is 0.308. The third-order valence-electron chi connectivity index (χ3n) is 6.84. The third kappa shape index (κ3) is 5.31. The minimum Gasteiger partial charge on any atom is -0.353 e. The van der Waals surface area contributed by atoms with Gasteiger partial charge in [0.2, 0.25) is 5.91 Å². The first kappa shape index (κ1) is 24.8. The molecule has 0 atom stereocenters. The van der Waals surface area contributed by atoms with Crippen molar-refractivity contribution in [1.29, 1.82) is 0 Å². The number of piperidine rings is 1. The second kappa shape index (κ2) is 10.3. The molecule has 5 rings (SSSR count). The summed E-state index contributed by atoms with van der Waals surface area (Å²) in [6, 6.07) is 15.2. The van der Waals surface area contributed by atoms with Gasteiger partial charge in [0.1, 0.15) is 5.82 Å². The maximum atomic E-state index is 13.2. The number of aromatic nitrogens is 2. The molecule has 3 aromatic rings. The van der Waals surface area contributed by atoms with Crippen molar-refractivity contribution in [2.75, 3.05) is 36.4 Å². The number of hydrogen-bond acceptors (Lipinski definition) is 7. The maximum Gasteiger partial charge on any atom is 0.253 e. The number of nitrogens with one attached hydrogen (secondary N) is 1. The van der Waals surface area contributed by atoms with Gasteiger partial charge >= 0.3 is 0 Å². The Morgan fingerprint density at radius 1 is 0.946 bits per heavy atom. The SMILES string of the molecule is O=C(Nc1ccc(S(=O)(=O)C2CCN(C(=O)c3ccc(F)cc3)CC2)cc1)C1CN(c2cccnn2)C1. The van der Waals surface area contributed by atoms with Gasteiger partial charge in [-0.3, -0.25) is 9.59 Å². The molecule has 0 unspecified atom stereocenters. The van der Waals surface area contributed by atoms with Crippen molar-refractivity contribution in [1.82, 2.24) is 15.1 Å². The predicted octanol–water partition coefficient (Wildman–Crippen LogP) is 2.77. The van der Waals surface area contributed by atoms with Crippen LogP contribution in [0.5, 0.6) is 0 Å². The van der Waals surface area contributed by atoms with Crippen LogP contribution in [0.1, 0.15) is 23.2 Å². The monoisotopic (exact) mass is 523 g/mol. The summed E-state index contributed by atoms with van der Waals surface area (Å²) in [5.74, 6) is -0.240. The van der Waals surface area contributed by atoms with Gasteiger partial charge in [0.05, 0.1) is 16.1 Å². The minimum absolute atomic E-state index is 0.131. The molecule has 37 heavy (non-hydrogen) atoms. The van der Waals surface area contributed by atoms with Gasteiger partial charge in [-0.25, -0.2) is 12.8 Å². The Labute approximate surface area is 214 Å². The number of sulfone groups is 1. The topological polar surface area (TPSA) is 113 Å². The van der Waals surface area contributed by atoms with Crippen LogP contribution in [0.4, 0.5) is 15.9 Å². The van der Waals surface area contributed by atoms with Crippen LogP contribution in [0.15, 0.2) is 71.8 Å². The number of hydrogen-bond donors (Lipinski definition) is 1. The second-order valence-electron chi connectivity index (χ2n) is 9.24. The maximum absolute atomic E-state index is 13.2. The van der Waals surface area contributed by atoms with E-state index < -0.39 is 20.9 Å². The Balaban J connectivity index is 1.14. The van der Waals surface area contributed by atoms with Gasteiger partial charge in [0.15, 0.2) is 15.7 Å². The lowest BCUT2D eigenvalue weighted by Gasteiger charge is -2.38. The van der Waals surface area contributed by atoms with E-state index in [1.165, 1.54) is 36.4 Å². The Morgan fingerprint density at radius 2 is 1.62 bits per heavy atom. The van der Waals surface area contributed by atoms with Crippen molar-refractivity contribution in [3.05, 3.63) is 78.2 Å². The molecule has 2 fully saturated rings. The first-order valence-corrected chi connectivity index (χ1v) is 13.6. The summed E-state index contributed by atoms with van der Waals surface area (Å²) in [5.41, 5.74) is 0.908. The summed E-state index contributed by atoms with van der Waals surface area (Å²) in [6.07, 6.45) is 2.23. The fourth-order valence-corrected chi connectivity index (χ4v) is 6.33. The van der Waals surface area contributed by atoms with Crippen LogP contribution in [0.25, 0.3) is 0 Å². The first-order chi connectivity index (χ1) is 17.8. The lowest BCUT2D eigenvalue weighted by Crippen LogP contribution is -2.52. The van der Waals surface area contributed by atoms with Gasteiger partial charge in [0.25, 0.3) is 5.91 Å². The van der Waals surface area contributed by atoms with E-state index in [2.05, 4.69) is 15.5 Å². The highest BCUT2D eigenvalue weighted by Gasteiger charge is 2.35. The molecule has 3 heterocycles. The summed E-state index contributed by atoms with van der Waals surface area (Å²) >= 11 is 0. The highest BCUT2D eigenvalue weighted by Crippen LogP contribution is 2.27. The highest BCUT2D eigenvalue weighted by molar-refractivity contribution is 7.92. The van der Waals surface area contributed by atoms with Gasteiger partial charge in [-0.2, -0.15) is 5.10 Å². The number of nitrogens with zero attached hydrogens (tertiary/aromatic N) is 4. The van der Waals surface area contributed by atoms with E-state index in [9.17, 15) is 22.4 Å². The van der Waals surface area contributed by atoms with Crippen LogP contribution in [-0.2, 0) is 14.6 Å². The highest BCUT2D eigenvalue weighted by atomic mass is 32.2. The first-order valence-electron chi connectivity index (χ1n) is 12.0. The van der Waals surface area contributed by atoms with Crippen LogP contribution in [-0.4, -0.2) is 66.8 Å². The average molecular weight is 524 g/mol. The molecule has 11 heteroatoms. The van der Waals surface area contributed by atoms with E-state index in [4.69, 9.17) is 0 Å². The van der Waals surface area contributed by atoms with Crippen molar-refractivity contribution in [2.24, 2.45) is 5.92 Å². The quantitative estimate of drug-likeness (QED) is 0.529. The third-order valence-corrected chi connectivity index (χ3v) is 9.12. The lowest BCUT2D eigenvalue weighted by atomic mass is 9.99. The van der Waals surface area contributed by atoms with Crippen molar-refractivity contribution in [2.45, 2.75) is 23.0 Å². The van der Waals surface area contributed by atoms with E-state index in [1.54, 1.807) is 29.3 Å². The molecule has 2 saturated heterocycles. The van der Waals surface area contributed by atoms with Gasteiger partial charge in [-0.15, -0.1) is 5.10 Å². The molecule has 192 valence electrons. The largest absolute Gasteiger partial charge is 0.353 e. The molecular formula is C26H26FN5O4S. The summed E-state index contributed by atoms with van der Waals surface area (Å²) in [6.45, 7) is 1.70. The van der Waals surface area contributed by atoms with Crippen molar-refractivity contribution in [3.8, 4) is 0 Å². The summed E-state index contributed by atoms with van der Waals surface area (Å²) < 4.78 is 39.5. The van der Waals surface area contributed by atoms with Crippen LogP contribution in [0.3, 0.4) is 0 Å². The van der Waals surface area contributed by atoms with Crippen LogP contribution in [0, 0.1) is 11.7 Å². The van der Waals surface area contributed by atoms with E-state index in [-0.39, 0.29) is 22.6 Å². The summed E-state index contributed by atoms with van der Waals surface area (Å²) in [7, 11) is -3.59. The fourth-order valence-electron chi connectivity index (χ4n) is 4.60. The minimum atomic E-state index is -3.59. The molecule has 2 amide bonds. The van der Waals surface area contributed by atoms with E-state index in [0.717, 1.165) is 5.82 Å². The summed E-state index contributed by atoms with van der Waals surface area (Å²) in [4.78, 5) is 29.0. The van der Waals surface area contributed by atoms with E-state index >= 15 is 0 Å². The second-order valence-corrected chi connectivity index (χ2v) is 11.5. The van der Waals surface area contributed by atoms with Gasteiger partial charge in [-0.1, -0.05) is 0 Å². The van der Waals surface area contributed by atoms with Crippen LogP contribution < -0.4 is 10.2 Å². The normalized spacial score (nSPS) is 16.8. The van der Waals surface area contributed by atoms with Gasteiger partial charge in [0, 0.05) is 43.6 Å². The zero-order valence-corrected chi connectivity index (χ0v) is 20.8. The molecule has 0 radical (unpaired) electrons. The lowest BCUT2D eigenvalue weighted by molar-refractivity contribution is -0.120. The van der Waals surface area contributed by atoms with Gasteiger partial charge < -0.3 is 15.1 Å². The van der Waals surface area contributed by atoms with Crippen LogP contribution in [0.2, 0.25) is 0 Å². The smallest absolute Gasteiger partial charge is 0.253 e. The van der Waals surface area contributed by atoms with E-state index in [1.807, 2.05) is 11.0 Å². The van der Waals surface area contributed by atoms with Crippen molar-refractivity contribution >= 4 is 33.2 Å². The molecular weight excluding hydrogens is 497 g/mol. The molecule has 2 aliphatic heterocycles. The Hall–Kier alpha value is -3.86. The number of carbonyl (C=O) groups is 2. The summed E-state index contributed by atoms with van der Waals surface area (Å²) in [5, 5.41) is 10.1. The molecule has 0 spiro atoms. The molecule has 1 aromatic heterocycles. The van der Waals surface area contributed by atoms with Crippen molar-refractivity contribution in [3.63, 3.8) is 0 Å². The number of carbonyl (C=O) groups excluding carboxylic acids is 2. The Bertz CT molecular complexity index is 1370. The number of amides is 2. The predicted molar refractivity (Wildman–Crippen MR) is 135 cm³/mol. The molecule has 9 nitrogen and oxygen atoms in total. The molecule has 1 N–H and O–H groups in total. The molecule has 2 aliphatic rings. The number of rotatable bonds is 6.